The Morgan fingerprint density at radius 2 is 1.48 bits per heavy atom. The summed E-state index contributed by atoms with van der Waals surface area (Å²) in [5.74, 6) is -0.555. The molecule has 0 saturated heterocycles. The second-order valence-corrected chi connectivity index (χ2v) is 4.99. The molecule has 3 nitrogen and oxygen atoms in total. The zero-order valence-electron chi connectivity index (χ0n) is 12.2. The number of rotatable bonds is 5. The van der Waals surface area contributed by atoms with E-state index in [2.05, 4.69) is 9.64 Å². The first-order valence-corrected chi connectivity index (χ1v) is 6.68. The maximum absolute atomic E-state index is 12.9. The molecule has 110 valence electrons. The lowest BCUT2D eigenvalue weighted by Gasteiger charge is -2.17. The molecular weight excluding hydrogens is 269 g/mol. The maximum Gasteiger partial charge on any atom is 0.337 e. The summed E-state index contributed by atoms with van der Waals surface area (Å²) in [7, 11) is 3.37. The number of ether oxygens (including phenoxy) is 1. The fourth-order valence-electron chi connectivity index (χ4n) is 2.13. The molecular formula is C17H18FNO2. The lowest BCUT2D eigenvalue weighted by Crippen LogP contribution is -2.17. The van der Waals surface area contributed by atoms with Gasteiger partial charge >= 0.3 is 5.97 Å². The second-order valence-electron chi connectivity index (χ2n) is 4.99. The number of carbonyl (C=O) groups excluding carboxylic acids is 1. The van der Waals surface area contributed by atoms with Crippen LogP contribution in [0.25, 0.3) is 0 Å². The first-order valence-electron chi connectivity index (χ1n) is 6.68. The SMILES string of the molecule is COC(=O)c1ccc(CN(C)Cc2ccc(F)cc2)cc1. The molecule has 0 radical (unpaired) electrons. The van der Waals surface area contributed by atoms with Crippen LogP contribution in [-0.4, -0.2) is 25.0 Å². The van der Waals surface area contributed by atoms with Crippen LogP contribution in [0.2, 0.25) is 0 Å². The van der Waals surface area contributed by atoms with E-state index in [0.717, 1.165) is 24.2 Å². The first kappa shape index (κ1) is 15.2. The van der Waals surface area contributed by atoms with Crippen LogP contribution in [-0.2, 0) is 17.8 Å². The van der Waals surface area contributed by atoms with Crippen molar-refractivity contribution in [3.63, 3.8) is 0 Å². The predicted molar refractivity (Wildman–Crippen MR) is 79.4 cm³/mol. The molecule has 0 amide bonds. The van der Waals surface area contributed by atoms with Gasteiger partial charge < -0.3 is 4.74 Å². The van der Waals surface area contributed by atoms with Crippen LogP contribution in [0, 0.1) is 5.82 Å². The molecule has 0 heterocycles. The van der Waals surface area contributed by atoms with Gasteiger partial charge in [-0.15, -0.1) is 0 Å². The maximum atomic E-state index is 12.9. The van der Waals surface area contributed by atoms with Gasteiger partial charge in [0.25, 0.3) is 0 Å². The van der Waals surface area contributed by atoms with Crippen molar-refractivity contribution < 1.29 is 13.9 Å². The lowest BCUT2D eigenvalue weighted by molar-refractivity contribution is 0.0600. The fourth-order valence-corrected chi connectivity index (χ4v) is 2.13. The van der Waals surface area contributed by atoms with Gasteiger partial charge in [-0.3, -0.25) is 4.90 Å². The predicted octanol–water partition coefficient (Wildman–Crippen LogP) is 3.24. The number of hydrogen-bond donors (Lipinski definition) is 0. The average Bonchev–Trinajstić information content (AvgIpc) is 2.49. The monoisotopic (exact) mass is 287 g/mol. The number of methoxy groups -OCH3 is 1. The van der Waals surface area contributed by atoms with Crippen molar-refractivity contribution in [3.05, 3.63) is 71.0 Å². The molecule has 0 N–H and O–H groups in total. The molecule has 0 bridgehead atoms. The third kappa shape index (κ3) is 4.39. The highest BCUT2D eigenvalue weighted by Gasteiger charge is 2.06. The fraction of sp³-hybridized carbons (Fsp3) is 0.235. The Morgan fingerprint density at radius 1 is 1.00 bits per heavy atom. The highest BCUT2D eigenvalue weighted by atomic mass is 19.1. The Bertz CT molecular complexity index is 593. The van der Waals surface area contributed by atoms with E-state index in [-0.39, 0.29) is 11.8 Å². The van der Waals surface area contributed by atoms with Gasteiger partial charge in [-0.2, -0.15) is 0 Å². The minimum atomic E-state index is -0.332. The minimum absolute atomic E-state index is 0.222. The summed E-state index contributed by atoms with van der Waals surface area (Å²) >= 11 is 0. The van der Waals surface area contributed by atoms with Crippen LogP contribution in [0.5, 0.6) is 0 Å². The third-order valence-corrected chi connectivity index (χ3v) is 3.19. The molecule has 0 saturated carbocycles. The van der Waals surface area contributed by atoms with Crippen LogP contribution >= 0.6 is 0 Å². The summed E-state index contributed by atoms with van der Waals surface area (Å²) in [6.07, 6.45) is 0. The van der Waals surface area contributed by atoms with Gasteiger partial charge in [0.05, 0.1) is 12.7 Å². The quantitative estimate of drug-likeness (QED) is 0.791. The first-order chi connectivity index (χ1) is 10.1. The molecule has 0 aliphatic rings. The number of carbonyl (C=O) groups is 1. The molecule has 21 heavy (non-hydrogen) atoms. The van der Waals surface area contributed by atoms with Crippen LogP contribution in [0.4, 0.5) is 4.39 Å². The van der Waals surface area contributed by atoms with E-state index < -0.39 is 0 Å². The number of hydrogen-bond acceptors (Lipinski definition) is 3. The average molecular weight is 287 g/mol. The van der Waals surface area contributed by atoms with Crippen LogP contribution in [0.1, 0.15) is 21.5 Å². The minimum Gasteiger partial charge on any atom is -0.465 e. The molecule has 0 spiro atoms. The van der Waals surface area contributed by atoms with E-state index in [9.17, 15) is 9.18 Å². The second kappa shape index (κ2) is 6.99. The Labute approximate surface area is 124 Å². The van der Waals surface area contributed by atoms with Gasteiger partial charge in [-0.1, -0.05) is 24.3 Å². The number of benzene rings is 2. The molecule has 0 aliphatic carbocycles. The number of esters is 1. The molecule has 0 aromatic heterocycles. The molecule has 0 atom stereocenters. The van der Waals surface area contributed by atoms with E-state index in [0.29, 0.717) is 5.56 Å². The van der Waals surface area contributed by atoms with Gasteiger partial charge in [-0.05, 0) is 42.4 Å². The van der Waals surface area contributed by atoms with Crippen molar-refractivity contribution in [1.82, 2.24) is 4.90 Å². The number of halogens is 1. The van der Waals surface area contributed by atoms with Crippen LogP contribution < -0.4 is 0 Å². The third-order valence-electron chi connectivity index (χ3n) is 3.19. The van der Waals surface area contributed by atoms with Gasteiger partial charge in [0.15, 0.2) is 0 Å². The summed E-state index contributed by atoms with van der Waals surface area (Å²) in [6, 6.07) is 13.8. The molecule has 0 unspecified atom stereocenters. The van der Waals surface area contributed by atoms with Gasteiger partial charge in [-0.25, -0.2) is 9.18 Å². The van der Waals surface area contributed by atoms with Crippen molar-refractivity contribution in [2.75, 3.05) is 14.2 Å². The molecule has 0 fully saturated rings. The Balaban J connectivity index is 1.94. The largest absolute Gasteiger partial charge is 0.465 e. The van der Waals surface area contributed by atoms with E-state index in [1.54, 1.807) is 24.3 Å². The molecule has 2 aromatic carbocycles. The van der Waals surface area contributed by atoms with Crippen molar-refractivity contribution in [2.45, 2.75) is 13.1 Å². The van der Waals surface area contributed by atoms with Crippen LogP contribution in [0.15, 0.2) is 48.5 Å². The van der Waals surface area contributed by atoms with E-state index >= 15 is 0 Å². The Hall–Kier alpha value is -2.20. The highest BCUT2D eigenvalue weighted by Crippen LogP contribution is 2.11. The van der Waals surface area contributed by atoms with Crippen molar-refractivity contribution in [3.8, 4) is 0 Å². The van der Waals surface area contributed by atoms with Crippen molar-refractivity contribution in [2.24, 2.45) is 0 Å². The normalized spacial score (nSPS) is 10.7. The Kier molecular flexibility index (Phi) is 5.06. The smallest absolute Gasteiger partial charge is 0.337 e. The highest BCUT2D eigenvalue weighted by molar-refractivity contribution is 5.89. The van der Waals surface area contributed by atoms with E-state index in [1.807, 2.05) is 19.2 Å². The van der Waals surface area contributed by atoms with Gasteiger partial charge in [0.2, 0.25) is 0 Å². The lowest BCUT2D eigenvalue weighted by atomic mass is 10.1. The van der Waals surface area contributed by atoms with Crippen molar-refractivity contribution in [1.29, 1.82) is 0 Å². The molecule has 0 aliphatic heterocycles. The topological polar surface area (TPSA) is 29.5 Å². The zero-order valence-corrected chi connectivity index (χ0v) is 12.2. The molecule has 2 aromatic rings. The summed E-state index contributed by atoms with van der Waals surface area (Å²) in [4.78, 5) is 13.5. The summed E-state index contributed by atoms with van der Waals surface area (Å²) in [6.45, 7) is 1.48. The summed E-state index contributed by atoms with van der Waals surface area (Å²) < 4.78 is 17.5. The molecule has 2 rings (SSSR count). The van der Waals surface area contributed by atoms with Crippen molar-refractivity contribution >= 4 is 5.97 Å². The van der Waals surface area contributed by atoms with Crippen LogP contribution in [0.3, 0.4) is 0 Å². The standard InChI is InChI=1S/C17H18FNO2/c1-19(12-14-5-9-16(18)10-6-14)11-13-3-7-15(8-4-13)17(20)21-2/h3-10H,11-12H2,1-2H3. The van der Waals surface area contributed by atoms with Gasteiger partial charge in [0.1, 0.15) is 5.82 Å². The van der Waals surface area contributed by atoms with E-state index in [4.69, 9.17) is 0 Å². The zero-order chi connectivity index (χ0) is 15.2. The summed E-state index contributed by atoms with van der Waals surface area (Å²) in [5.41, 5.74) is 2.71. The summed E-state index contributed by atoms with van der Waals surface area (Å²) in [5, 5.41) is 0. The molecule has 4 heteroatoms. The van der Waals surface area contributed by atoms with Gasteiger partial charge in [0, 0.05) is 13.1 Å². The Morgan fingerprint density at radius 3 is 1.95 bits per heavy atom. The number of nitrogens with zero attached hydrogens (tertiary/aromatic N) is 1. The van der Waals surface area contributed by atoms with E-state index in [1.165, 1.54) is 19.2 Å².